The van der Waals surface area contributed by atoms with Crippen LogP contribution < -0.4 is 9.47 Å². The summed E-state index contributed by atoms with van der Waals surface area (Å²) in [5.41, 5.74) is 1.18. The molecule has 6 heteroatoms. The van der Waals surface area contributed by atoms with Gasteiger partial charge in [-0.05, 0) is 42.2 Å². The van der Waals surface area contributed by atoms with Crippen LogP contribution in [0.5, 0.6) is 11.5 Å². The summed E-state index contributed by atoms with van der Waals surface area (Å²) in [5.74, 6) is 0.00888. The number of aliphatic hydroxyl groups is 1. The fraction of sp³-hybridized carbons (Fsp3) is 0.360. The molecule has 1 aliphatic heterocycles. The van der Waals surface area contributed by atoms with E-state index >= 15 is 0 Å². The van der Waals surface area contributed by atoms with Gasteiger partial charge in [-0.25, -0.2) is 0 Å². The van der Waals surface area contributed by atoms with Gasteiger partial charge in [0, 0.05) is 6.54 Å². The molecule has 0 aromatic heterocycles. The van der Waals surface area contributed by atoms with E-state index in [-0.39, 0.29) is 11.3 Å². The standard InChI is InChI=1S/C25H29NO5/c1-5-14-26-22(17-10-12-18(13-11-17)31-15-16(2)3)21(24(28)25(26)29)23(27)19-8-6-7-9-20(19)30-4/h6-13,16,22,27H,5,14-15H2,1-4H3/b23-21-. The second-order valence-electron chi connectivity index (χ2n) is 7.97. The average Bonchev–Trinajstić information content (AvgIpc) is 3.02. The van der Waals surface area contributed by atoms with Crippen molar-refractivity contribution in [1.82, 2.24) is 4.90 Å². The number of Topliss-reactive ketones (excluding diaryl/α,β-unsaturated/α-hetero) is 1. The zero-order chi connectivity index (χ0) is 22.5. The van der Waals surface area contributed by atoms with Crippen LogP contribution in [0.15, 0.2) is 54.1 Å². The van der Waals surface area contributed by atoms with Crippen molar-refractivity contribution in [3.8, 4) is 11.5 Å². The number of likely N-dealkylation sites (tertiary alicyclic amines) is 1. The Labute approximate surface area is 183 Å². The lowest BCUT2D eigenvalue weighted by molar-refractivity contribution is -0.139. The van der Waals surface area contributed by atoms with Crippen LogP contribution >= 0.6 is 0 Å². The van der Waals surface area contributed by atoms with E-state index in [2.05, 4.69) is 13.8 Å². The highest BCUT2D eigenvalue weighted by Crippen LogP contribution is 2.41. The molecule has 2 aromatic carbocycles. The van der Waals surface area contributed by atoms with E-state index in [9.17, 15) is 14.7 Å². The Hall–Kier alpha value is -3.28. The van der Waals surface area contributed by atoms with Crippen LogP contribution in [0, 0.1) is 5.92 Å². The van der Waals surface area contributed by atoms with E-state index in [0.29, 0.717) is 36.8 Å². The smallest absolute Gasteiger partial charge is 0.295 e. The Balaban J connectivity index is 2.08. The second-order valence-corrected chi connectivity index (χ2v) is 7.97. The van der Waals surface area contributed by atoms with Crippen LogP contribution in [0.1, 0.15) is 44.4 Å². The van der Waals surface area contributed by atoms with Gasteiger partial charge in [0.15, 0.2) is 0 Å². The SMILES string of the molecule is CCCN1C(=O)C(=O)/C(=C(\O)c2ccccc2OC)C1c1ccc(OCC(C)C)cc1. The summed E-state index contributed by atoms with van der Waals surface area (Å²) >= 11 is 0. The first-order valence-corrected chi connectivity index (χ1v) is 10.5. The number of carbonyl (C=O) groups is 2. The number of benzene rings is 2. The second kappa shape index (κ2) is 9.69. The highest BCUT2D eigenvalue weighted by atomic mass is 16.5. The Kier molecular flexibility index (Phi) is 7.00. The normalized spacial score (nSPS) is 18.0. The Bertz CT molecular complexity index is 978. The number of aliphatic hydroxyl groups excluding tert-OH is 1. The lowest BCUT2D eigenvalue weighted by Gasteiger charge is -2.25. The molecule has 6 nitrogen and oxygen atoms in total. The molecule has 1 fully saturated rings. The van der Waals surface area contributed by atoms with Crippen LogP contribution in [0.25, 0.3) is 5.76 Å². The third-order valence-electron chi connectivity index (χ3n) is 5.15. The third-order valence-corrected chi connectivity index (χ3v) is 5.15. The molecule has 164 valence electrons. The molecule has 1 unspecified atom stereocenters. The Morgan fingerprint density at radius 1 is 1.10 bits per heavy atom. The van der Waals surface area contributed by atoms with Gasteiger partial charge in [-0.2, -0.15) is 0 Å². The summed E-state index contributed by atoms with van der Waals surface area (Å²) in [4.78, 5) is 27.3. The van der Waals surface area contributed by atoms with E-state index in [1.165, 1.54) is 12.0 Å². The molecule has 1 heterocycles. The monoisotopic (exact) mass is 423 g/mol. The van der Waals surface area contributed by atoms with Crippen LogP contribution in [0.2, 0.25) is 0 Å². The van der Waals surface area contributed by atoms with Gasteiger partial charge in [-0.3, -0.25) is 9.59 Å². The van der Waals surface area contributed by atoms with Gasteiger partial charge in [0.25, 0.3) is 11.7 Å². The highest BCUT2D eigenvalue weighted by Gasteiger charge is 2.45. The summed E-state index contributed by atoms with van der Waals surface area (Å²) in [6, 6.07) is 13.5. The molecule has 2 aromatic rings. The zero-order valence-corrected chi connectivity index (χ0v) is 18.4. The molecule has 3 rings (SSSR count). The van der Waals surface area contributed by atoms with Crippen molar-refractivity contribution in [3.63, 3.8) is 0 Å². The van der Waals surface area contributed by atoms with Crippen LogP contribution in [-0.4, -0.2) is 42.0 Å². The number of ether oxygens (including phenoxy) is 2. The van der Waals surface area contributed by atoms with E-state index in [0.717, 1.165) is 11.3 Å². The molecule has 1 aliphatic rings. The number of amides is 1. The summed E-state index contributed by atoms with van der Waals surface area (Å²) in [5, 5.41) is 11.1. The van der Waals surface area contributed by atoms with E-state index in [1.807, 2.05) is 31.2 Å². The number of nitrogens with zero attached hydrogens (tertiary/aromatic N) is 1. The summed E-state index contributed by atoms with van der Waals surface area (Å²) in [6.07, 6.45) is 0.688. The number of rotatable bonds is 8. The molecule has 0 saturated carbocycles. The minimum Gasteiger partial charge on any atom is -0.507 e. The van der Waals surface area contributed by atoms with Crippen molar-refractivity contribution in [1.29, 1.82) is 0 Å². The van der Waals surface area contributed by atoms with Gasteiger partial charge in [-0.1, -0.05) is 45.0 Å². The molecule has 1 atom stereocenters. The largest absolute Gasteiger partial charge is 0.507 e. The maximum absolute atomic E-state index is 13.0. The molecular weight excluding hydrogens is 394 g/mol. The van der Waals surface area contributed by atoms with Crippen molar-refractivity contribution in [2.75, 3.05) is 20.3 Å². The topological polar surface area (TPSA) is 76.1 Å². The lowest BCUT2D eigenvalue weighted by atomic mass is 9.95. The van der Waals surface area contributed by atoms with Crippen molar-refractivity contribution in [2.24, 2.45) is 5.92 Å². The van der Waals surface area contributed by atoms with Crippen LogP contribution in [0.4, 0.5) is 0 Å². The first-order valence-electron chi connectivity index (χ1n) is 10.5. The quantitative estimate of drug-likeness (QED) is 0.383. The molecule has 0 spiro atoms. The number of para-hydroxylation sites is 1. The fourth-order valence-corrected chi connectivity index (χ4v) is 3.69. The van der Waals surface area contributed by atoms with E-state index < -0.39 is 17.7 Å². The Morgan fingerprint density at radius 2 is 1.77 bits per heavy atom. The molecule has 1 N–H and O–H groups in total. The first-order chi connectivity index (χ1) is 14.9. The van der Waals surface area contributed by atoms with Crippen LogP contribution in [0.3, 0.4) is 0 Å². The summed E-state index contributed by atoms with van der Waals surface area (Å²) in [7, 11) is 1.50. The molecule has 31 heavy (non-hydrogen) atoms. The summed E-state index contributed by atoms with van der Waals surface area (Å²) in [6.45, 7) is 7.10. The van der Waals surface area contributed by atoms with Gasteiger partial charge in [-0.15, -0.1) is 0 Å². The number of methoxy groups -OCH3 is 1. The highest BCUT2D eigenvalue weighted by molar-refractivity contribution is 6.46. The van der Waals surface area contributed by atoms with Gasteiger partial charge < -0.3 is 19.5 Å². The van der Waals surface area contributed by atoms with Crippen molar-refractivity contribution in [3.05, 3.63) is 65.2 Å². The van der Waals surface area contributed by atoms with E-state index in [4.69, 9.17) is 9.47 Å². The van der Waals surface area contributed by atoms with Gasteiger partial charge in [0.05, 0.1) is 30.9 Å². The van der Waals surface area contributed by atoms with Crippen molar-refractivity contribution < 1.29 is 24.2 Å². The Morgan fingerprint density at radius 3 is 2.39 bits per heavy atom. The maximum atomic E-state index is 13.0. The number of hydrogen-bond donors (Lipinski definition) is 1. The molecular formula is C25H29NO5. The van der Waals surface area contributed by atoms with E-state index in [1.54, 1.807) is 24.3 Å². The fourth-order valence-electron chi connectivity index (χ4n) is 3.69. The summed E-state index contributed by atoms with van der Waals surface area (Å²) < 4.78 is 11.1. The first kappa shape index (κ1) is 22.4. The molecule has 0 aliphatic carbocycles. The number of carbonyl (C=O) groups excluding carboxylic acids is 2. The van der Waals surface area contributed by atoms with Gasteiger partial charge in [0.2, 0.25) is 0 Å². The minimum atomic E-state index is -0.693. The van der Waals surface area contributed by atoms with Crippen LogP contribution in [-0.2, 0) is 9.59 Å². The third kappa shape index (κ3) is 4.58. The predicted molar refractivity (Wildman–Crippen MR) is 119 cm³/mol. The lowest BCUT2D eigenvalue weighted by Crippen LogP contribution is -2.30. The number of ketones is 1. The minimum absolute atomic E-state index is 0.0683. The van der Waals surface area contributed by atoms with Crippen molar-refractivity contribution in [2.45, 2.75) is 33.2 Å². The molecule has 0 bridgehead atoms. The predicted octanol–water partition coefficient (Wildman–Crippen LogP) is 4.56. The molecule has 1 amide bonds. The number of hydrogen-bond acceptors (Lipinski definition) is 5. The van der Waals surface area contributed by atoms with Crippen molar-refractivity contribution >= 4 is 17.4 Å². The average molecular weight is 424 g/mol. The van der Waals surface area contributed by atoms with Gasteiger partial charge >= 0.3 is 0 Å². The maximum Gasteiger partial charge on any atom is 0.295 e. The molecule has 1 saturated heterocycles. The van der Waals surface area contributed by atoms with Gasteiger partial charge in [0.1, 0.15) is 17.3 Å². The molecule has 0 radical (unpaired) electrons. The zero-order valence-electron chi connectivity index (χ0n) is 18.4.